The number of carbonyl (C=O) groups excluding carboxylic acids is 3. The van der Waals surface area contributed by atoms with Gasteiger partial charge in [-0.05, 0) is 103 Å². The molecule has 61 heavy (non-hydrogen) atoms. The van der Waals surface area contributed by atoms with Crippen LogP contribution < -0.4 is 14.8 Å². The number of alkyl halides is 3. The van der Waals surface area contributed by atoms with Crippen LogP contribution in [0.2, 0.25) is 0 Å². The minimum absolute atomic E-state index is 0.0274. The number of nitrogens with zero attached hydrogens (tertiary/aromatic N) is 4. The van der Waals surface area contributed by atoms with Crippen molar-refractivity contribution in [1.29, 1.82) is 0 Å². The molecule has 2 saturated heterocycles. The number of aromatic nitrogens is 1. The Balaban J connectivity index is 1.17. The summed E-state index contributed by atoms with van der Waals surface area (Å²) in [7, 11) is -4.10. The molecule has 5 heterocycles. The number of rotatable bonds is 7. The van der Waals surface area contributed by atoms with Crippen LogP contribution in [0.3, 0.4) is 0 Å². The zero-order chi connectivity index (χ0) is 43.5. The summed E-state index contributed by atoms with van der Waals surface area (Å²) in [6.07, 6.45) is 3.85. The second kappa shape index (κ2) is 16.0. The Morgan fingerprint density at radius 2 is 1.80 bits per heavy atom. The van der Waals surface area contributed by atoms with Gasteiger partial charge in [-0.3, -0.25) is 24.0 Å². The third-order valence-corrected chi connectivity index (χ3v) is 16.1. The van der Waals surface area contributed by atoms with Crippen molar-refractivity contribution in [2.45, 2.75) is 138 Å². The van der Waals surface area contributed by atoms with Crippen molar-refractivity contribution in [3.63, 3.8) is 0 Å². The summed E-state index contributed by atoms with van der Waals surface area (Å²) < 4.78 is 78.5. The molecule has 14 nitrogen and oxygen atoms in total. The first-order valence-corrected chi connectivity index (χ1v) is 23.1. The summed E-state index contributed by atoms with van der Waals surface area (Å²) in [6, 6.07) is 2.33. The Kier molecular flexibility index (Phi) is 11.4. The Bertz CT molecular complexity index is 2250. The fourth-order valence-electron chi connectivity index (χ4n) is 9.79. The van der Waals surface area contributed by atoms with Gasteiger partial charge in [0.15, 0.2) is 11.4 Å². The van der Waals surface area contributed by atoms with Gasteiger partial charge in [0.2, 0.25) is 21.8 Å². The van der Waals surface area contributed by atoms with Crippen molar-refractivity contribution in [1.82, 2.24) is 29.7 Å². The molecule has 4 fully saturated rings. The standard InChI is InChI=1S/C43H55F3N6O8S/c1-27-13-14-31-30(23-27)29-15-16-41(60-34(29)35(47-31)43(44,45)46)25-33-36(53)48-42(38(55)49-61(58,59)40(2)17-18-40)24-28(42)11-7-4-3-5-8-12-32(37(54)52(33)26-41)51(39(56)57)22-21-50-19-9-6-10-20-50/h7,11,13-14,23,28,32-33H,3-6,8-10,12,15-22,24-26H2,1-2H3,(H,48,53)(H,49,55)(H,56,57)/b11-7-/t28-,32+,33+,41-,42-/m1/s1. The van der Waals surface area contributed by atoms with Crippen molar-refractivity contribution in [2.24, 2.45) is 5.92 Å². The van der Waals surface area contributed by atoms with Gasteiger partial charge in [0.1, 0.15) is 23.2 Å². The van der Waals surface area contributed by atoms with Crippen molar-refractivity contribution in [2.75, 3.05) is 32.7 Å². The predicted octanol–water partition coefficient (Wildman–Crippen LogP) is 5.45. The number of pyridine rings is 1. The van der Waals surface area contributed by atoms with Crippen LogP contribution in [0, 0.1) is 12.8 Å². The number of nitrogens with one attached hydrogen (secondary N) is 2. The highest BCUT2D eigenvalue weighted by Gasteiger charge is 2.64. The molecule has 1 aromatic carbocycles. The van der Waals surface area contributed by atoms with Crippen molar-refractivity contribution in [3.8, 4) is 5.75 Å². The van der Waals surface area contributed by atoms with Crippen LogP contribution >= 0.6 is 0 Å². The number of aryl methyl sites for hydroxylation is 2. The number of piperidine rings is 1. The Morgan fingerprint density at radius 1 is 1.07 bits per heavy atom. The topological polar surface area (TPSA) is 179 Å². The highest BCUT2D eigenvalue weighted by atomic mass is 32.2. The average Bonchev–Trinajstić information content (AvgIpc) is 4.10. The first-order chi connectivity index (χ1) is 28.9. The molecule has 4 aliphatic heterocycles. The minimum Gasteiger partial charge on any atom is -0.483 e. The number of sulfonamides is 1. The number of benzene rings is 1. The first kappa shape index (κ1) is 43.2. The Hall–Kier alpha value is -4.45. The minimum atomic E-state index is -4.91. The number of hydrogen-bond donors (Lipinski definition) is 3. The fourth-order valence-corrected chi connectivity index (χ4v) is 11.1. The second-order valence-corrected chi connectivity index (χ2v) is 20.6. The van der Waals surface area contributed by atoms with Gasteiger partial charge >= 0.3 is 12.3 Å². The van der Waals surface area contributed by atoms with Crippen LogP contribution in [-0.4, -0.2) is 118 Å². The molecule has 3 N–H and O–H groups in total. The van der Waals surface area contributed by atoms with E-state index in [9.17, 15) is 41.1 Å². The number of carboxylic acid groups (broad SMARTS) is 1. The molecule has 6 aliphatic rings. The van der Waals surface area contributed by atoms with Crippen LogP contribution in [0.1, 0.15) is 107 Å². The number of likely N-dealkylation sites (tertiary alicyclic amines) is 1. The van der Waals surface area contributed by atoms with Crippen LogP contribution in [0.25, 0.3) is 10.9 Å². The fraction of sp³-hybridized carbons (Fsp3) is 0.651. The van der Waals surface area contributed by atoms with Gasteiger partial charge < -0.3 is 25.0 Å². The summed E-state index contributed by atoms with van der Waals surface area (Å²) in [5.41, 5.74) is -3.15. The van der Waals surface area contributed by atoms with E-state index >= 15 is 4.79 Å². The molecule has 332 valence electrons. The maximum absolute atomic E-state index is 15.1. The summed E-state index contributed by atoms with van der Waals surface area (Å²) in [5.74, 6) is -3.44. The van der Waals surface area contributed by atoms with Gasteiger partial charge in [0.05, 0.1) is 16.8 Å². The number of carbonyl (C=O) groups is 4. The predicted molar refractivity (Wildman–Crippen MR) is 218 cm³/mol. The Labute approximate surface area is 353 Å². The Morgan fingerprint density at radius 3 is 2.51 bits per heavy atom. The molecular formula is C43H55F3N6O8S. The maximum atomic E-state index is 15.1. The lowest BCUT2D eigenvalue weighted by Crippen LogP contribution is -2.59. The van der Waals surface area contributed by atoms with Gasteiger partial charge in [-0.1, -0.05) is 43.0 Å². The van der Waals surface area contributed by atoms with E-state index in [-0.39, 0.29) is 50.7 Å². The van der Waals surface area contributed by atoms with Crippen LogP contribution in [0.4, 0.5) is 18.0 Å². The molecule has 2 aliphatic carbocycles. The van der Waals surface area contributed by atoms with Crippen LogP contribution in [0.15, 0.2) is 30.4 Å². The van der Waals surface area contributed by atoms with Crippen LogP contribution in [0.5, 0.6) is 5.75 Å². The SMILES string of the molecule is Cc1ccc2nc(C(F)(F)F)c3c(c2c1)CC[C@]1(C[C@H]2C(=O)N[C@]4(C(=O)NS(=O)(=O)C5(C)CC5)C[C@H]4/C=C\CCCCC[C@H](N(CCN4CCCCC4)C(=O)O)C(=O)N2C1)O3. The third-order valence-electron chi connectivity index (χ3n) is 13.9. The smallest absolute Gasteiger partial charge is 0.437 e. The van der Waals surface area contributed by atoms with E-state index in [0.29, 0.717) is 56.0 Å². The van der Waals surface area contributed by atoms with Gasteiger partial charge in [0, 0.05) is 36.4 Å². The van der Waals surface area contributed by atoms with Crippen molar-refractivity contribution in [3.05, 3.63) is 47.2 Å². The van der Waals surface area contributed by atoms with E-state index in [0.717, 1.165) is 42.8 Å². The number of allylic oxidation sites excluding steroid dienone is 1. The third kappa shape index (κ3) is 8.42. The molecule has 8 rings (SSSR count). The monoisotopic (exact) mass is 872 g/mol. The molecule has 0 unspecified atom stereocenters. The molecule has 0 radical (unpaired) electrons. The van der Waals surface area contributed by atoms with Crippen molar-refractivity contribution < 1.29 is 50.6 Å². The largest absolute Gasteiger partial charge is 0.483 e. The van der Waals surface area contributed by atoms with E-state index in [1.54, 1.807) is 18.2 Å². The number of fused-ring (bicyclic) bond motifs is 5. The summed E-state index contributed by atoms with van der Waals surface area (Å²) >= 11 is 0. The van der Waals surface area contributed by atoms with Gasteiger partial charge in [-0.25, -0.2) is 18.2 Å². The zero-order valence-electron chi connectivity index (χ0n) is 34.7. The second-order valence-electron chi connectivity index (χ2n) is 18.4. The molecular weight excluding hydrogens is 818 g/mol. The molecule has 1 spiro atoms. The molecule has 0 bridgehead atoms. The number of hydrogen-bond acceptors (Lipinski definition) is 9. The number of amides is 4. The summed E-state index contributed by atoms with van der Waals surface area (Å²) in [6.45, 7) is 5.05. The van der Waals surface area contributed by atoms with E-state index in [1.807, 2.05) is 13.0 Å². The van der Waals surface area contributed by atoms with E-state index < -0.39 is 85.3 Å². The average molecular weight is 873 g/mol. The van der Waals surface area contributed by atoms with E-state index in [4.69, 9.17) is 4.74 Å². The molecule has 1 aromatic heterocycles. The van der Waals surface area contributed by atoms with Crippen LogP contribution in [-0.2, 0) is 37.0 Å². The quantitative estimate of drug-likeness (QED) is 0.303. The molecule has 2 aromatic rings. The maximum Gasteiger partial charge on any atom is 0.437 e. The molecule has 18 heteroatoms. The molecule has 5 atom stereocenters. The summed E-state index contributed by atoms with van der Waals surface area (Å²) in [5, 5.41) is 14.0. The van der Waals surface area contributed by atoms with Gasteiger partial charge in [-0.2, -0.15) is 13.2 Å². The molecule has 2 saturated carbocycles. The highest BCUT2D eigenvalue weighted by molar-refractivity contribution is 7.91. The van der Waals surface area contributed by atoms with Crippen molar-refractivity contribution >= 4 is 44.7 Å². The van der Waals surface area contributed by atoms with E-state index in [1.165, 1.54) is 17.9 Å². The number of ether oxygens (including phenoxy) is 1. The lowest BCUT2D eigenvalue weighted by atomic mass is 9.86. The van der Waals surface area contributed by atoms with Gasteiger partial charge in [-0.15, -0.1) is 0 Å². The summed E-state index contributed by atoms with van der Waals surface area (Å²) in [4.78, 5) is 65.6. The lowest BCUT2D eigenvalue weighted by molar-refractivity contribution is -0.145. The first-order valence-electron chi connectivity index (χ1n) is 21.6. The molecule has 4 amide bonds. The zero-order valence-corrected chi connectivity index (χ0v) is 35.5. The lowest BCUT2D eigenvalue weighted by Gasteiger charge is -2.38. The van der Waals surface area contributed by atoms with Gasteiger partial charge in [0.25, 0.3) is 5.91 Å². The normalized spacial score (nSPS) is 29.9. The highest BCUT2D eigenvalue weighted by Crippen LogP contribution is 2.50. The number of halogens is 3. The van der Waals surface area contributed by atoms with E-state index in [2.05, 4.69) is 19.9 Å².